The van der Waals surface area contributed by atoms with Crippen LogP contribution >= 0.6 is 33.0 Å². The molecule has 1 rings (SSSR count). The summed E-state index contributed by atoms with van der Waals surface area (Å²) in [6.45, 7) is 0. The van der Waals surface area contributed by atoms with Crippen LogP contribution in [0.2, 0.25) is 5.02 Å². The van der Waals surface area contributed by atoms with Crippen molar-refractivity contribution in [1.82, 2.24) is 0 Å². The number of halogens is 3. The molecule has 0 amide bonds. The Hall–Kier alpha value is -0.490. The molecule has 1 aromatic carbocycles. The Morgan fingerprint density at radius 2 is 1.60 bits per heavy atom. The van der Waals surface area contributed by atoms with Crippen LogP contribution in [-0.2, 0) is 8.26 Å². The highest BCUT2D eigenvalue weighted by atomic mass is 36.0. The Morgan fingerprint density at radius 3 is 1.87 bits per heavy atom. The van der Waals surface area contributed by atoms with E-state index in [1.165, 1.54) is 6.07 Å². The molecule has 0 aromatic heterocycles. The smallest absolute Gasteiger partial charge is 0.337 e. The highest BCUT2D eigenvalue weighted by Crippen LogP contribution is 2.13. The number of hydrogen-bond donors (Lipinski definition) is 1. The second kappa shape index (κ2) is 6.17. The van der Waals surface area contributed by atoms with Crippen LogP contribution in [0.4, 0.5) is 0 Å². The van der Waals surface area contributed by atoms with E-state index in [9.17, 15) is 4.79 Å². The molecule has 0 aliphatic heterocycles. The number of rotatable bonds is 1. The van der Waals surface area contributed by atoms with Crippen molar-refractivity contribution in [2.24, 2.45) is 0 Å². The number of hydrogen-bond acceptors (Lipinski definition) is 3. The maximum atomic E-state index is 10.3. The number of benzene rings is 1. The van der Waals surface area contributed by atoms with Crippen molar-refractivity contribution in [2.45, 2.75) is 0 Å². The minimum absolute atomic E-state index is 0.143. The van der Waals surface area contributed by atoms with Crippen LogP contribution < -0.4 is 0 Å². The van der Waals surface area contributed by atoms with Gasteiger partial charge in [-0.2, -0.15) is 8.42 Å². The largest absolute Gasteiger partial charge is 0.478 e. The van der Waals surface area contributed by atoms with E-state index in [1.54, 1.807) is 18.2 Å². The molecule has 0 aliphatic rings. The third kappa shape index (κ3) is 8.50. The summed E-state index contributed by atoms with van der Waals surface area (Å²) >= 11 is 5.54. The van der Waals surface area contributed by atoms with Gasteiger partial charge in [-0.1, -0.05) is 23.7 Å². The van der Waals surface area contributed by atoms with Crippen LogP contribution in [-0.4, -0.2) is 19.5 Å². The van der Waals surface area contributed by atoms with Gasteiger partial charge in [0, 0.05) is 21.4 Å². The minimum Gasteiger partial charge on any atom is -0.478 e. The lowest BCUT2D eigenvalue weighted by molar-refractivity contribution is 0.0697. The lowest BCUT2D eigenvalue weighted by atomic mass is 10.2. The molecule has 0 saturated heterocycles. The summed E-state index contributed by atoms with van der Waals surface area (Å²) in [7, 11) is 4.81. The predicted molar refractivity (Wildman–Crippen MR) is 59.0 cm³/mol. The van der Waals surface area contributed by atoms with Crippen molar-refractivity contribution in [3.05, 3.63) is 34.9 Å². The van der Waals surface area contributed by atoms with E-state index in [2.05, 4.69) is 21.4 Å². The van der Waals surface area contributed by atoms with E-state index >= 15 is 0 Å². The van der Waals surface area contributed by atoms with Crippen molar-refractivity contribution in [2.75, 3.05) is 0 Å². The van der Waals surface area contributed by atoms with Crippen molar-refractivity contribution in [3.63, 3.8) is 0 Å². The van der Waals surface area contributed by atoms with Gasteiger partial charge < -0.3 is 5.11 Å². The maximum absolute atomic E-state index is 10.3. The summed E-state index contributed by atoms with van der Waals surface area (Å²) in [5, 5.41) is 8.75. The molecule has 0 unspecified atom stereocenters. The molecule has 0 heterocycles. The van der Waals surface area contributed by atoms with Gasteiger partial charge in [0.2, 0.25) is 0 Å². The van der Waals surface area contributed by atoms with E-state index in [1.807, 2.05) is 0 Å². The van der Waals surface area contributed by atoms with Gasteiger partial charge in [-0.05, 0) is 12.1 Å². The first kappa shape index (κ1) is 14.5. The average Bonchev–Trinajstić information content (AvgIpc) is 2.01. The first-order chi connectivity index (χ1) is 6.72. The molecule has 0 aliphatic carbocycles. The Balaban J connectivity index is 0.000000336. The normalized spacial score (nSPS) is 10.1. The van der Waals surface area contributed by atoms with Crippen LogP contribution in [0, 0.1) is 0 Å². The highest BCUT2D eigenvalue weighted by molar-refractivity contribution is 8.31. The van der Waals surface area contributed by atoms with Gasteiger partial charge in [-0.25, -0.2) is 4.79 Å². The monoisotopic (exact) mass is 290 g/mol. The van der Waals surface area contributed by atoms with Gasteiger partial charge in [0.15, 0.2) is 0 Å². The lowest BCUT2D eigenvalue weighted by Crippen LogP contribution is -1.95. The number of aromatic carboxylic acids is 1. The quantitative estimate of drug-likeness (QED) is 0.808. The maximum Gasteiger partial charge on any atom is 0.337 e. The molecule has 1 aromatic rings. The molecular weight excluding hydrogens is 286 g/mol. The van der Waals surface area contributed by atoms with E-state index in [0.717, 1.165) is 0 Å². The standard InChI is InChI=1S/C7H5ClO2.Cl2O2S/c8-6-4-2-1-3-5(6)7(9)10;1-5(2,3)4/h1-4H,(H,9,10);. The molecule has 0 fully saturated rings. The summed E-state index contributed by atoms with van der Waals surface area (Å²) in [5.74, 6) is -0.995. The summed E-state index contributed by atoms with van der Waals surface area (Å²) in [6, 6.07) is 6.33. The molecule has 0 radical (unpaired) electrons. The zero-order valence-electron chi connectivity index (χ0n) is 7.02. The molecule has 8 heteroatoms. The third-order valence-corrected chi connectivity index (χ3v) is 1.43. The average molecular weight is 292 g/mol. The fourth-order valence-corrected chi connectivity index (χ4v) is 0.851. The van der Waals surface area contributed by atoms with Crippen LogP contribution in [0.5, 0.6) is 0 Å². The highest BCUT2D eigenvalue weighted by Gasteiger charge is 2.04. The van der Waals surface area contributed by atoms with Crippen LogP contribution in [0.3, 0.4) is 0 Å². The minimum atomic E-state index is -3.72. The van der Waals surface area contributed by atoms with Gasteiger partial charge in [0.25, 0.3) is 0 Å². The Bertz CT molecular complexity index is 435. The molecule has 4 nitrogen and oxygen atoms in total. The Labute approximate surface area is 100 Å². The van der Waals surface area contributed by atoms with Gasteiger partial charge in [0.1, 0.15) is 0 Å². The summed E-state index contributed by atoms with van der Waals surface area (Å²) in [5.41, 5.74) is 0.143. The predicted octanol–water partition coefficient (Wildman–Crippen LogP) is 2.75. The van der Waals surface area contributed by atoms with E-state index in [0.29, 0.717) is 0 Å². The fourth-order valence-electron chi connectivity index (χ4n) is 0.635. The Kier molecular flexibility index (Phi) is 5.97. The van der Waals surface area contributed by atoms with Crippen molar-refractivity contribution in [3.8, 4) is 0 Å². The number of carboxylic acid groups (broad SMARTS) is 1. The molecule has 1 N–H and O–H groups in total. The zero-order chi connectivity index (χ0) is 12.1. The summed E-state index contributed by atoms with van der Waals surface area (Å²) < 4.78 is 18.3. The van der Waals surface area contributed by atoms with Gasteiger partial charge in [-0.15, -0.1) is 0 Å². The summed E-state index contributed by atoms with van der Waals surface area (Å²) in [6.07, 6.45) is 0. The molecule has 84 valence electrons. The number of carbonyl (C=O) groups is 1. The first-order valence-electron chi connectivity index (χ1n) is 3.34. The lowest BCUT2D eigenvalue weighted by Gasteiger charge is -1.94. The fraction of sp³-hybridized carbons (Fsp3) is 0. The third-order valence-electron chi connectivity index (χ3n) is 1.10. The molecule has 0 bridgehead atoms. The SMILES string of the molecule is O=C(O)c1ccccc1Cl.O=S(=O)(Cl)Cl. The van der Waals surface area contributed by atoms with Crippen LogP contribution in [0.25, 0.3) is 0 Å². The van der Waals surface area contributed by atoms with Crippen LogP contribution in [0.15, 0.2) is 24.3 Å². The topological polar surface area (TPSA) is 71.4 Å². The molecule has 15 heavy (non-hydrogen) atoms. The zero-order valence-corrected chi connectivity index (χ0v) is 10.1. The summed E-state index contributed by atoms with van der Waals surface area (Å²) in [4.78, 5) is 10.3. The van der Waals surface area contributed by atoms with Crippen molar-refractivity contribution >= 4 is 47.2 Å². The second-order valence-corrected chi connectivity index (χ2v) is 6.24. The van der Waals surface area contributed by atoms with E-state index in [4.69, 9.17) is 25.1 Å². The van der Waals surface area contributed by atoms with Gasteiger partial charge in [0.05, 0.1) is 10.6 Å². The van der Waals surface area contributed by atoms with Crippen molar-refractivity contribution < 1.29 is 18.3 Å². The number of carboxylic acids is 1. The van der Waals surface area contributed by atoms with Gasteiger partial charge in [-0.3, -0.25) is 0 Å². The molecule has 0 atom stereocenters. The molecular formula is C7H5Cl3O4S. The van der Waals surface area contributed by atoms with E-state index in [-0.39, 0.29) is 10.6 Å². The second-order valence-electron chi connectivity index (χ2n) is 2.16. The molecule has 0 spiro atoms. The van der Waals surface area contributed by atoms with Crippen LogP contribution in [0.1, 0.15) is 10.4 Å². The van der Waals surface area contributed by atoms with E-state index < -0.39 is 14.2 Å². The Morgan fingerprint density at radius 1 is 1.20 bits per heavy atom. The first-order valence-corrected chi connectivity index (χ1v) is 6.85. The van der Waals surface area contributed by atoms with Gasteiger partial charge >= 0.3 is 14.2 Å². The molecule has 0 saturated carbocycles. The van der Waals surface area contributed by atoms with Crippen molar-refractivity contribution in [1.29, 1.82) is 0 Å².